The Hall–Kier alpha value is -0.0800. The molecule has 1 rings (SSSR count). The number of hydrogen-bond donors (Lipinski definition) is 1. The highest BCUT2D eigenvalue weighted by Gasteiger charge is 2.22. The summed E-state index contributed by atoms with van der Waals surface area (Å²) in [6.45, 7) is 4.14. The van der Waals surface area contributed by atoms with Crippen LogP contribution in [0, 0.1) is 5.92 Å². The maximum atomic E-state index is 5.88. The van der Waals surface area contributed by atoms with Gasteiger partial charge in [0.25, 0.3) is 0 Å². The van der Waals surface area contributed by atoms with Gasteiger partial charge < -0.3 is 10.1 Å². The maximum Gasteiger partial charge on any atom is 0.0622 e. The summed E-state index contributed by atoms with van der Waals surface area (Å²) >= 11 is 0. The minimum absolute atomic E-state index is 0.584. The lowest BCUT2D eigenvalue weighted by Gasteiger charge is -2.29. The Bertz CT molecular complexity index is 190. The van der Waals surface area contributed by atoms with Crippen molar-refractivity contribution in [3.8, 4) is 0 Å². The number of nitrogens with one attached hydrogen (secondary N) is 1. The van der Waals surface area contributed by atoms with Gasteiger partial charge in [-0.2, -0.15) is 0 Å². The molecule has 0 bridgehead atoms. The third kappa shape index (κ3) is 7.94. The molecule has 0 aliphatic heterocycles. The highest BCUT2D eigenvalue weighted by atomic mass is 16.5. The summed E-state index contributed by atoms with van der Waals surface area (Å²) in [4.78, 5) is 0. The van der Waals surface area contributed by atoms with E-state index in [0.717, 1.165) is 19.1 Å². The van der Waals surface area contributed by atoms with Gasteiger partial charge in [0.15, 0.2) is 0 Å². The fraction of sp³-hybridized carbons (Fsp3) is 1.00. The molecular weight excluding hydrogens is 234 g/mol. The van der Waals surface area contributed by atoms with Crippen molar-refractivity contribution in [3.05, 3.63) is 0 Å². The molecule has 114 valence electrons. The first kappa shape index (κ1) is 17.0. The Morgan fingerprint density at radius 2 is 1.68 bits per heavy atom. The summed E-state index contributed by atoms with van der Waals surface area (Å²) < 4.78 is 5.88. The van der Waals surface area contributed by atoms with E-state index in [4.69, 9.17) is 4.74 Å². The van der Waals surface area contributed by atoms with E-state index in [0.29, 0.717) is 6.04 Å². The van der Waals surface area contributed by atoms with Crippen molar-refractivity contribution in [1.82, 2.24) is 5.32 Å². The zero-order valence-corrected chi connectivity index (χ0v) is 13.3. The van der Waals surface area contributed by atoms with Crippen molar-refractivity contribution in [2.45, 2.75) is 83.6 Å². The fourth-order valence-corrected chi connectivity index (χ4v) is 3.19. The lowest BCUT2D eigenvalue weighted by atomic mass is 9.84. The number of ether oxygens (including phenoxy) is 1. The number of unbranched alkanes of at least 4 members (excludes halogenated alkanes) is 5. The van der Waals surface area contributed by atoms with Crippen LogP contribution in [0.3, 0.4) is 0 Å². The van der Waals surface area contributed by atoms with Gasteiger partial charge in [-0.1, -0.05) is 58.3 Å². The van der Waals surface area contributed by atoms with E-state index in [1.54, 1.807) is 0 Å². The summed E-state index contributed by atoms with van der Waals surface area (Å²) in [7, 11) is 2.09. The average molecular weight is 269 g/mol. The minimum atomic E-state index is 0.584. The molecule has 2 heteroatoms. The molecule has 0 radical (unpaired) electrons. The quantitative estimate of drug-likeness (QED) is 0.556. The lowest BCUT2D eigenvalue weighted by Crippen LogP contribution is -2.38. The van der Waals surface area contributed by atoms with Crippen LogP contribution in [0.25, 0.3) is 0 Å². The van der Waals surface area contributed by atoms with E-state index in [1.165, 1.54) is 70.6 Å². The zero-order chi connectivity index (χ0) is 13.8. The van der Waals surface area contributed by atoms with Crippen LogP contribution in [0.4, 0.5) is 0 Å². The molecule has 0 aromatic heterocycles. The molecule has 0 saturated heterocycles. The van der Waals surface area contributed by atoms with Crippen molar-refractivity contribution < 1.29 is 4.74 Å². The molecule has 2 nitrogen and oxygen atoms in total. The van der Waals surface area contributed by atoms with Crippen LogP contribution in [-0.2, 0) is 4.74 Å². The molecule has 1 saturated carbocycles. The van der Waals surface area contributed by atoms with Gasteiger partial charge in [-0.25, -0.2) is 0 Å². The van der Waals surface area contributed by atoms with Crippen molar-refractivity contribution in [3.63, 3.8) is 0 Å². The van der Waals surface area contributed by atoms with Crippen molar-refractivity contribution in [2.75, 3.05) is 20.3 Å². The van der Waals surface area contributed by atoms with Gasteiger partial charge in [0.05, 0.1) is 6.61 Å². The SMILES string of the molecule is CCCCCCCCOCC(NC)C1CCCCC1. The molecule has 1 fully saturated rings. The van der Waals surface area contributed by atoms with E-state index in [-0.39, 0.29) is 0 Å². The predicted molar refractivity (Wildman–Crippen MR) is 83.6 cm³/mol. The van der Waals surface area contributed by atoms with E-state index >= 15 is 0 Å². The standard InChI is InChI=1S/C17H35NO/c1-3-4-5-6-7-11-14-19-15-17(18-2)16-12-9-8-10-13-16/h16-18H,3-15H2,1-2H3. The van der Waals surface area contributed by atoms with Crippen molar-refractivity contribution >= 4 is 0 Å². The molecule has 1 unspecified atom stereocenters. The van der Waals surface area contributed by atoms with Gasteiger partial charge >= 0.3 is 0 Å². The first-order valence-corrected chi connectivity index (χ1v) is 8.63. The normalized spacial score (nSPS) is 18.6. The Labute approximate surface area is 120 Å². The number of rotatable bonds is 11. The summed E-state index contributed by atoms with van der Waals surface area (Å²) in [5.41, 5.74) is 0. The summed E-state index contributed by atoms with van der Waals surface area (Å²) in [5, 5.41) is 3.47. The second kappa shape index (κ2) is 11.7. The summed E-state index contributed by atoms with van der Waals surface area (Å²) in [5.74, 6) is 0.850. The molecule has 1 aliphatic carbocycles. The molecule has 1 aliphatic rings. The molecular formula is C17H35NO. The van der Waals surface area contributed by atoms with E-state index in [9.17, 15) is 0 Å². The highest BCUT2D eigenvalue weighted by molar-refractivity contribution is 4.77. The van der Waals surface area contributed by atoms with Gasteiger partial charge in [0.2, 0.25) is 0 Å². The molecule has 1 atom stereocenters. The minimum Gasteiger partial charge on any atom is -0.380 e. The van der Waals surface area contributed by atoms with Gasteiger partial charge in [-0.15, -0.1) is 0 Å². The Morgan fingerprint density at radius 3 is 2.37 bits per heavy atom. The van der Waals surface area contributed by atoms with Crippen molar-refractivity contribution in [1.29, 1.82) is 0 Å². The Kier molecular flexibility index (Phi) is 10.5. The topological polar surface area (TPSA) is 21.3 Å². The van der Waals surface area contributed by atoms with Gasteiger partial charge in [0, 0.05) is 12.6 Å². The van der Waals surface area contributed by atoms with Crippen LogP contribution < -0.4 is 5.32 Å². The highest BCUT2D eigenvalue weighted by Crippen LogP contribution is 2.26. The van der Waals surface area contributed by atoms with Gasteiger partial charge in [-0.05, 0) is 32.2 Å². The summed E-state index contributed by atoms with van der Waals surface area (Å²) in [6, 6.07) is 0.584. The number of hydrogen-bond acceptors (Lipinski definition) is 2. The van der Waals surface area contributed by atoms with Crippen LogP contribution >= 0.6 is 0 Å². The average Bonchev–Trinajstić information content (AvgIpc) is 2.47. The molecule has 0 aromatic rings. The molecule has 1 N–H and O–H groups in total. The number of likely N-dealkylation sites (N-methyl/N-ethyl adjacent to an activating group) is 1. The fourth-order valence-electron chi connectivity index (χ4n) is 3.19. The van der Waals surface area contributed by atoms with E-state index < -0.39 is 0 Å². The molecule has 0 heterocycles. The van der Waals surface area contributed by atoms with Gasteiger partial charge in [-0.3, -0.25) is 0 Å². The van der Waals surface area contributed by atoms with Crippen molar-refractivity contribution in [2.24, 2.45) is 5.92 Å². The monoisotopic (exact) mass is 269 g/mol. The van der Waals surface area contributed by atoms with Crippen LogP contribution in [0.15, 0.2) is 0 Å². The van der Waals surface area contributed by atoms with Crippen LogP contribution in [0.2, 0.25) is 0 Å². The third-order valence-corrected chi connectivity index (χ3v) is 4.53. The van der Waals surface area contributed by atoms with E-state index in [1.807, 2.05) is 0 Å². The predicted octanol–water partition coefficient (Wildman–Crippen LogP) is 4.53. The first-order chi connectivity index (χ1) is 9.38. The largest absolute Gasteiger partial charge is 0.380 e. The second-order valence-electron chi connectivity index (χ2n) is 6.14. The third-order valence-electron chi connectivity index (χ3n) is 4.53. The van der Waals surface area contributed by atoms with Crippen LogP contribution in [0.1, 0.15) is 77.6 Å². The van der Waals surface area contributed by atoms with E-state index in [2.05, 4.69) is 19.3 Å². The molecule has 0 spiro atoms. The zero-order valence-electron chi connectivity index (χ0n) is 13.3. The Balaban J connectivity index is 1.96. The lowest BCUT2D eigenvalue weighted by molar-refractivity contribution is 0.0844. The molecule has 19 heavy (non-hydrogen) atoms. The maximum absolute atomic E-state index is 5.88. The van der Waals surface area contributed by atoms with Crippen LogP contribution in [0.5, 0.6) is 0 Å². The first-order valence-electron chi connectivity index (χ1n) is 8.63. The van der Waals surface area contributed by atoms with Crippen LogP contribution in [-0.4, -0.2) is 26.3 Å². The second-order valence-corrected chi connectivity index (χ2v) is 6.14. The smallest absolute Gasteiger partial charge is 0.0622 e. The Morgan fingerprint density at radius 1 is 1.00 bits per heavy atom. The molecule has 0 amide bonds. The summed E-state index contributed by atoms with van der Waals surface area (Å²) in [6.07, 6.45) is 15.2. The molecule has 0 aromatic carbocycles. The van der Waals surface area contributed by atoms with Gasteiger partial charge in [0.1, 0.15) is 0 Å².